The van der Waals surface area contributed by atoms with Gasteiger partial charge in [-0.1, -0.05) is 19.1 Å². The van der Waals surface area contributed by atoms with Gasteiger partial charge >= 0.3 is 12.0 Å². The lowest BCUT2D eigenvalue weighted by atomic mass is 9.99. The molecule has 0 bridgehead atoms. The average molecular weight is 292 g/mol. The molecule has 2 atom stereocenters. The van der Waals surface area contributed by atoms with Gasteiger partial charge in [0.15, 0.2) is 0 Å². The van der Waals surface area contributed by atoms with E-state index in [0.29, 0.717) is 24.5 Å². The number of carbonyl (C=O) groups is 2. The Morgan fingerprint density at radius 2 is 1.95 bits per heavy atom. The second-order valence-electron chi connectivity index (χ2n) is 5.14. The first-order chi connectivity index (χ1) is 10.1. The van der Waals surface area contributed by atoms with E-state index in [9.17, 15) is 9.59 Å². The lowest BCUT2D eigenvalue weighted by Crippen LogP contribution is -2.34. The van der Waals surface area contributed by atoms with Gasteiger partial charge in [0, 0.05) is 13.1 Å². The van der Waals surface area contributed by atoms with Crippen LogP contribution in [0.2, 0.25) is 0 Å². The van der Waals surface area contributed by atoms with Gasteiger partial charge in [0.25, 0.3) is 0 Å². The number of methoxy groups -OCH3 is 2. The summed E-state index contributed by atoms with van der Waals surface area (Å²) in [4.78, 5) is 25.6. The van der Waals surface area contributed by atoms with E-state index in [0.717, 1.165) is 0 Å². The number of anilines is 1. The number of para-hydroxylation sites is 2. The van der Waals surface area contributed by atoms with E-state index in [1.54, 1.807) is 24.1 Å². The zero-order valence-electron chi connectivity index (χ0n) is 12.5. The first-order valence-electron chi connectivity index (χ1n) is 6.83. The van der Waals surface area contributed by atoms with Gasteiger partial charge in [0.1, 0.15) is 5.75 Å². The van der Waals surface area contributed by atoms with Crippen molar-refractivity contribution >= 4 is 17.7 Å². The summed E-state index contributed by atoms with van der Waals surface area (Å²) in [5, 5.41) is 2.81. The summed E-state index contributed by atoms with van der Waals surface area (Å²) in [5.41, 5.74) is 0.610. The van der Waals surface area contributed by atoms with Crippen LogP contribution in [0.1, 0.15) is 6.92 Å². The Kier molecular flexibility index (Phi) is 4.67. The molecule has 2 unspecified atom stereocenters. The predicted molar refractivity (Wildman–Crippen MR) is 78.3 cm³/mol. The molecule has 0 saturated carbocycles. The molecule has 1 saturated heterocycles. The molecule has 1 aliphatic heterocycles. The highest BCUT2D eigenvalue weighted by Gasteiger charge is 2.37. The van der Waals surface area contributed by atoms with Crippen LogP contribution >= 0.6 is 0 Å². The van der Waals surface area contributed by atoms with E-state index < -0.39 is 0 Å². The van der Waals surface area contributed by atoms with Gasteiger partial charge in [-0.25, -0.2) is 4.79 Å². The molecule has 1 fully saturated rings. The van der Waals surface area contributed by atoms with Crippen molar-refractivity contribution in [2.45, 2.75) is 6.92 Å². The van der Waals surface area contributed by atoms with Crippen LogP contribution in [0.25, 0.3) is 0 Å². The van der Waals surface area contributed by atoms with Crippen molar-refractivity contribution < 1.29 is 19.1 Å². The van der Waals surface area contributed by atoms with Gasteiger partial charge < -0.3 is 19.7 Å². The summed E-state index contributed by atoms with van der Waals surface area (Å²) in [6.07, 6.45) is 0. The maximum atomic E-state index is 12.3. The third-order valence-corrected chi connectivity index (χ3v) is 3.75. The number of ether oxygens (including phenoxy) is 2. The number of hydrogen-bond acceptors (Lipinski definition) is 4. The summed E-state index contributed by atoms with van der Waals surface area (Å²) in [6.45, 7) is 2.84. The van der Waals surface area contributed by atoms with Crippen LogP contribution in [-0.2, 0) is 9.53 Å². The molecule has 21 heavy (non-hydrogen) atoms. The van der Waals surface area contributed by atoms with Crippen molar-refractivity contribution in [2.75, 3.05) is 32.6 Å². The molecule has 0 radical (unpaired) electrons. The zero-order valence-corrected chi connectivity index (χ0v) is 12.5. The Morgan fingerprint density at radius 3 is 2.62 bits per heavy atom. The largest absolute Gasteiger partial charge is 0.495 e. The van der Waals surface area contributed by atoms with E-state index in [4.69, 9.17) is 9.47 Å². The van der Waals surface area contributed by atoms with Gasteiger partial charge in [-0.3, -0.25) is 4.79 Å². The fourth-order valence-corrected chi connectivity index (χ4v) is 2.53. The molecule has 1 N–H and O–H groups in total. The number of hydrogen-bond donors (Lipinski definition) is 1. The van der Waals surface area contributed by atoms with E-state index in [2.05, 4.69) is 5.32 Å². The minimum Gasteiger partial charge on any atom is -0.495 e. The summed E-state index contributed by atoms with van der Waals surface area (Å²) in [5.74, 6) is 0.150. The first-order valence-corrected chi connectivity index (χ1v) is 6.83. The van der Waals surface area contributed by atoms with Gasteiger partial charge in [0.05, 0.1) is 25.8 Å². The zero-order chi connectivity index (χ0) is 15.4. The van der Waals surface area contributed by atoms with Crippen LogP contribution in [0, 0.1) is 11.8 Å². The highest BCUT2D eigenvalue weighted by atomic mass is 16.5. The molecule has 0 aliphatic carbocycles. The SMILES string of the molecule is COC(=O)C1CN(C(=O)Nc2ccccc2OC)CC1C. The Labute approximate surface area is 124 Å². The van der Waals surface area contributed by atoms with Crippen LogP contribution in [0.15, 0.2) is 24.3 Å². The maximum Gasteiger partial charge on any atom is 0.321 e. The highest BCUT2D eigenvalue weighted by molar-refractivity contribution is 5.91. The van der Waals surface area contributed by atoms with Crippen molar-refractivity contribution in [1.82, 2.24) is 4.90 Å². The fraction of sp³-hybridized carbons (Fsp3) is 0.467. The summed E-state index contributed by atoms with van der Waals surface area (Å²) in [7, 11) is 2.92. The second-order valence-corrected chi connectivity index (χ2v) is 5.14. The smallest absolute Gasteiger partial charge is 0.321 e. The molecule has 0 aromatic heterocycles. The molecule has 1 aliphatic rings. The fourth-order valence-electron chi connectivity index (χ4n) is 2.53. The van der Waals surface area contributed by atoms with E-state index in [1.165, 1.54) is 7.11 Å². The van der Waals surface area contributed by atoms with Crippen LogP contribution in [0.4, 0.5) is 10.5 Å². The normalized spacial score (nSPS) is 21.0. The van der Waals surface area contributed by atoms with Crippen molar-refractivity contribution in [3.05, 3.63) is 24.3 Å². The van der Waals surface area contributed by atoms with Crippen molar-refractivity contribution in [3.63, 3.8) is 0 Å². The number of urea groups is 1. The molecule has 0 spiro atoms. The van der Waals surface area contributed by atoms with Crippen molar-refractivity contribution in [1.29, 1.82) is 0 Å². The maximum absolute atomic E-state index is 12.3. The molecule has 1 heterocycles. The molecule has 2 amide bonds. The van der Waals surface area contributed by atoms with E-state index in [-0.39, 0.29) is 23.8 Å². The number of likely N-dealkylation sites (tertiary alicyclic amines) is 1. The summed E-state index contributed by atoms with van der Waals surface area (Å²) < 4.78 is 9.97. The van der Waals surface area contributed by atoms with Gasteiger partial charge in [-0.15, -0.1) is 0 Å². The lowest BCUT2D eigenvalue weighted by molar-refractivity contribution is -0.145. The molecule has 6 nitrogen and oxygen atoms in total. The quantitative estimate of drug-likeness (QED) is 0.865. The van der Waals surface area contributed by atoms with E-state index >= 15 is 0 Å². The van der Waals surface area contributed by atoms with Gasteiger partial charge in [-0.2, -0.15) is 0 Å². The number of nitrogens with one attached hydrogen (secondary N) is 1. The Balaban J connectivity index is 2.03. The highest BCUT2D eigenvalue weighted by Crippen LogP contribution is 2.27. The molecule has 114 valence electrons. The van der Waals surface area contributed by atoms with Gasteiger partial charge in [0.2, 0.25) is 0 Å². The average Bonchev–Trinajstić information content (AvgIpc) is 2.89. The van der Waals surface area contributed by atoms with Crippen LogP contribution in [0.3, 0.4) is 0 Å². The molecular weight excluding hydrogens is 272 g/mol. The molecule has 1 aromatic rings. The molecular formula is C15H20N2O4. The summed E-state index contributed by atoms with van der Waals surface area (Å²) >= 11 is 0. The van der Waals surface area contributed by atoms with Crippen LogP contribution in [-0.4, -0.2) is 44.2 Å². The van der Waals surface area contributed by atoms with Crippen molar-refractivity contribution in [3.8, 4) is 5.75 Å². The molecule has 1 aromatic carbocycles. The number of carbonyl (C=O) groups excluding carboxylic acids is 2. The minimum atomic E-state index is -0.268. The summed E-state index contributed by atoms with van der Waals surface area (Å²) in [6, 6.07) is 6.97. The number of rotatable bonds is 3. The third-order valence-electron chi connectivity index (χ3n) is 3.75. The Hall–Kier alpha value is -2.24. The third kappa shape index (κ3) is 3.26. The Bertz CT molecular complexity index is 532. The van der Waals surface area contributed by atoms with Gasteiger partial charge in [-0.05, 0) is 18.1 Å². The number of benzene rings is 1. The number of amides is 2. The lowest BCUT2D eigenvalue weighted by Gasteiger charge is -2.18. The standard InChI is InChI=1S/C15H20N2O4/c1-10-8-17(9-11(10)14(18)21-3)15(19)16-12-6-4-5-7-13(12)20-2/h4-7,10-11H,8-9H2,1-3H3,(H,16,19). The topological polar surface area (TPSA) is 67.9 Å². The number of esters is 1. The number of nitrogens with zero attached hydrogens (tertiary/aromatic N) is 1. The van der Waals surface area contributed by atoms with Crippen molar-refractivity contribution in [2.24, 2.45) is 11.8 Å². The molecule has 2 rings (SSSR count). The Morgan fingerprint density at radius 1 is 1.24 bits per heavy atom. The minimum absolute atomic E-state index is 0.0841. The first kappa shape index (κ1) is 15.2. The predicted octanol–water partition coefficient (Wildman–Crippen LogP) is 1.97. The monoisotopic (exact) mass is 292 g/mol. The van der Waals surface area contributed by atoms with Crippen LogP contribution in [0.5, 0.6) is 5.75 Å². The van der Waals surface area contributed by atoms with E-state index in [1.807, 2.05) is 19.1 Å². The molecule has 6 heteroatoms. The second kappa shape index (κ2) is 6.47. The van der Waals surface area contributed by atoms with Crippen LogP contribution < -0.4 is 10.1 Å².